The zero-order valence-electron chi connectivity index (χ0n) is 16.5. The van der Waals surface area contributed by atoms with Crippen LogP contribution in [0.25, 0.3) is 0 Å². The number of hydrogen-bond acceptors (Lipinski definition) is 4. The van der Waals surface area contributed by atoms with Crippen molar-refractivity contribution < 1.29 is 9.21 Å². The van der Waals surface area contributed by atoms with Crippen molar-refractivity contribution in [2.24, 2.45) is 4.99 Å². The smallest absolute Gasteiger partial charge is 0.216 e. The molecule has 0 aliphatic carbocycles. The summed E-state index contributed by atoms with van der Waals surface area (Å²) in [5.41, 5.74) is 0. The second-order valence-electron chi connectivity index (χ2n) is 6.63. The van der Waals surface area contributed by atoms with E-state index in [1.807, 2.05) is 12.1 Å². The van der Waals surface area contributed by atoms with Gasteiger partial charge in [-0.2, -0.15) is 0 Å². The van der Waals surface area contributed by atoms with Gasteiger partial charge in [0.15, 0.2) is 5.96 Å². The molecule has 2 heterocycles. The molecule has 7 nitrogen and oxygen atoms in total. The molecule has 1 aliphatic heterocycles. The van der Waals surface area contributed by atoms with Gasteiger partial charge < -0.3 is 20.4 Å². The highest BCUT2D eigenvalue weighted by Crippen LogP contribution is 2.16. The van der Waals surface area contributed by atoms with E-state index >= 15 is 0 Å². The van der Waals surface area contributed by atoms with Crippen LogP contribution < -0.4 is 16.0 Å². The summed E-state index contributed by atoms with van der Waals surface area (Å²) < 4.78 is 5.37. The van der Waals surface area contributed by atoms with E-state index in [0.29, 0.717) is 12.6 Å². The van der Waals surface area contributed by atoms with Crippen molar-refractivity contribution in [1.82, 2.24) is 20.9 Å². The molecular weight excluding hydrogens is 457 g/mol. The van der Waals surface area contributed by atoms with Crippen LogP contribution in [0.1, 0.15) is 38.9 Å². The Kier molecular flexibility index (Phi) is 12.2. The summed E-state index contributed by atoms with van der Waals surface area (Å²) in [4.78, 5) is 18.2. The Morgan fingerprint density at radius 1 is 1.30 bits per heavy atom. The van der Waals surface area contributed by atoms with Crippen LogP contribution >= 0.6 is 24.0 Å². The Labute approximate surface area is 179 Å². The maximum absolute atomic E-state index is 10.9. The fraction of sp³-hybridized carbons (Fsp3) is 0.684. The number of furan rings is 1. The topological polar surface area (TPSA) is 81.9 Å². The van der Waals surface area contributed by atoms with Gasteiger partial charge in [-0.15, -0.1) is 24.0 Å². The minimum absolute atomic E-state index is 0. The minimum Gasteiger partial charge on any atom is -0.469 e. The largest absolute Gasteiger partial charge is 0.469 e. The number of aliphatic imine (C=N–C) groups is 1. The van der Waals surface area contributed by atoms with Gasteiger partial charge >= 0.3 is 0 Å². The van der Waals surface area contributed by atoms with Crippen molar-refractivity contribution in [2.75, 3.05) is 39.3 Å². The first kappa shape index (κ1) is 23.7. The first-order chi connectivity index (χ1) is 12.7. The van der Waals surface area contributed by atoms with E-state index in [2.05, 4.69) is 27.8 Å². The fourth-order valence-corrected chi connectivity index (χ4v) is 3.21. The van der Waals surface area contributed by atoms with Crippen LogP contribution in [-0.2, 0) is 11.2 Å². The molecule has 0 bridgehead atoms. The maximum Gasteiger partial charge on any atom is 0.216 e. The molecule has 8 heteroatoms. The molecule has 1 aromatic rings. The SMILES string of the molecule is CCN1CCCC1CN=C(NCCCNC(C)=O)NCCc1ccco1.I. The van der Waals surface area contributed by atoms with Crippen molar-refractivity contribution in [3.8, 4) is 0 Å². The highest BCUT2D eigenvalue weighted by Gasteiger charge is 2.22. The van der Waals surface area contributed by atoms with Crippen LogP contribution in [0.3, 0.4) is 0 Å². The van der Waals surface area contributed by atoms with Crippen molar-refractivity contribution in [3.63, 3.8) is 0 Å². The lowest BCUT2D eigenvalue weighted by atomic mass is 10.2. The van der Waals surface area contributed by atoms with Gasteiger partial charge in [0.05, 0.1) is 12.8 Å². The lowest BCUT2D eigenvalue weighted by Crippen LogP contribution is -2.41. The molecule has 1 aromatic heterocycles. The summed E-state index contributed by atoms with van der Waals surface area (Å²) in [6, 6.07) is 4.43. The number of nitrogens with zero attached hydrogens (tertiary/aromatic N) is 2. The molecule has 27 heavy (non-hydrogen) atoms. The van der Waals surface area contributed by atoms with Crippen molar-refractivity contribution in [3.05, 3.63) is 24.2 Å². The Morgan fingerprint density at radius 2 is 2.07 bits per heavy atom. The normalized spacial score (nSPS) is 17.4. The summed E-state index contributed by atoms with van der Waals surface area (Å²) in [5, 5.41) is 9.57. The zero-order valence-corrected chi connectivity index (χ0v) is 18.8. The molecular formula is C19H34IN5O2. The average molecular weight is 491 g/mol. The third-order valence-electron chi connectivity index (χ3n) is 4.63. The molecule has 0 spiro atoms. The maximum atomic E-state index is 10.9. The monoisotopic (exact) mass is 491 g/mol. The van der Waals surface area contributed by atoms with Gasteiger partial charge in [0.2, 0.25) is 5.91 Å². The number of hydrogen-bond donors (Lipinski definition) is 3. The van der Waals surface area contributed by atoms with E-state index in [1.54, 1.807) is 6.26 Å². The van der Waals surface area contributed by atoms with Crippen molar-refractivity contribution in [1.29, 1.82) is 0 Å². The first-order valence-corrected chi connectivity index (χ1v) is 9.72. The summed E-state index contributed by atoms with van der Waals surface area (Å²) in [7, 11) is 0. The molecule has 1 saturated heterocycles. The van der Waals surface area contributed by atoms with E-state index < -0.39 is 0 Å². The highest BCUT2D eigenvalue weighted by molar-refractivity contribution is 14.0. The number of nitrogens with one attached hydrogen (secondary N) is 3. The third kappa shape index (κ3) is 9.46. The minimum atomic E-state index is 0. The molecule has 3 N–H and O–H groups in total. The van der Waals surface area contributed by atoms with Crippen LogP contribution in [0.15, 0.2) is 27.8 Å². The van der Waals surface area contributed by atoms with Gasteiger partial charge in [-0.1, -0.05) is 6.92 Å². The number of guanidine groups is 1. The van der Waals surface area contributed by atoms with E-state index in [1.165, 1.54) is 26.3 Å². The highest BCUT2D eigenvalue weighted by atomic mass is 127. The number of halogens is 1. The standard InChI is InChI=1S/C19H33N5O2.HI/c1-3-24-13-4-7-17(24)15-23-19(21-11-6-10-20-16(2)25)22-12-9-18-8-5-14-26-18;/h5,8,14,17H,3-4,6-7,9-13,15H2,1-2H3,(H,20,25)(H2,21,22,23);1H. The Balaban J connectivity index is 0.00000364. The van der Waals surface area contributed by atoms with E-state index in [-0.39, 0.29) is 29.9 Å². The Morgan fingerprint density at radius 3 is 2.78 bits per heavy atom. The summed E-state index contributed by atoms with van der Waals surface area (Å²) in [6.45, 7) is 9.06. The van der Waals surface area contributed by atoms with Gasteiger partial charge in [0.25, 0.3) is 0 Å². The molecule has 154 valence electrons. The van der Waals surface area contributed by atoms with E-state index in [4.69, 9.17) is 9.41 Å². The van der Waals surface area contributed by atoms with E-state index in [9.17, 15) is 4.79 Å². The first-order valence-electron chi connectivity index (χ1n) is 9.72. The van der Waals surface area contributed by atoms with Crippen LogP contribution in [0, 0.1) is 0 Å². The average Bonchev–Trinajstić information content (AvgIpc) is 3.29. The van der Waals surface area contributed by atoms with Crippen molar-refractivity contribution in [2.45, 2.75) is 45.6 Å². The van der Waals surface area contributed by atoms with Gasteiger partial charge in [-0.25, -0.2) is 0 Å². The summed E-state index contributed by atoms with van der Waals surface area (Å²) in [5.74, 6) is 1.81. The molecule has 0 saturated carbocycles. The second-order valence-corrected chi connectivity index (χ2v) is 6.63. The number of rotatable bonds is 10. The molecule has 0 radical (unpaired) electrons. The molecule has 1 amide bonds. The van der Waals surface area contributed by atoms with Crippen LogP contribution in [0.4, 0.5) is 0 Å². The molecule has 0 aromatic carbocycles. The predicted octanol–water partition coefficient (Wildman–Crippen LogP) is 1.99. The number of likely N-dealkylation sites (tertiary alicyclic amines) is 1. The van der Waals surface area contributed by atoms with Gasteiger partial charge in [-0.05, 0) is 44.5 Å². The van der Waals surface area contributed by atoms with Gasteiger partial charge in [0, 0.05) is 39.0 Å². The summed E-state index contributed by atoms with van der Waals surface area (Å²) in [6.07, 6.45) is 5.87. The summed E-state index contributed by atoms with van der Waals surface area (Å²) >= 11 is 0. The lowest BCUT2D eigenvalue weighted by molar-refractivity contribution is -0.118. The predicted molar refractivity (Wildman–Crippen MR) is 120 cm³/mol. The van der Waals surface area contributed by atoms with Crippen LogP contribution in [0.5, 0.6) is 0 Å². The zero-order chi connectivity index (χ0) is 18.6. The number of carbonyl (C=O) groups excluding carboxylic acids is 1. The number of likely N-dealkylation sites (N-methyl/N-ethyl adjacent to an activating group) is 1. The molecule has 1 fully saturated rings. The van der Waals surface area contributed by atoms with Crippen LogP contribution in [-0.4, -0.2) is 62.1 Å². The molecule has 1 unspecified atom stereocenters. The molecule has 1 aliphatic rings. The lowest BCUT2D eigenvalue weighted by Gasteiger charge is -2.21. The quantitative estimate of drug-likeness (QED) is 0.202. The van der Waals surface area contributed by atoms with Gasteiger partial charge in [-0.3, -0.25) is 14.7 Å². The Bertz CT molecular complexity index is 550. The molecule has 2 rings (SSSR count). The number of carbonyl (C=O) groups is 1. The fourth-order valence-electron chi connectivity index (χ4n) is 3.21. The third-order valence-corrected chi connectivity index (χ3v) is 4.63. The second kappa shape index (κ2) is 13.8. The van der Waals surface area contributed by atoms with Crippen molar-refractivity contribution >= 4 is 35.8 Å². The number of amides is 1. The Hall–Kier alpha value is -1.29. The van der Waals surface area contributed by atoms with Gasteiger partial charge in [0.1, 0.15) is 5.76 Å². The van der Waals surface area contributed by atoms with E-state index in [0.717, 1.165) is 50.7 Å². The van der Waals surface area contributed by atoms with Crippen LogP contribution in [0.2, 0.25) is 0 Å². The molecule has 1 atom stereocenters.